The minimum atomic E-state index is -0.196. The minimum absolute atomic E-state index is 0.196. The fraction of sp³-hybridized carbons (Fsp3) is 0.111. The molecular weight excluding hydrogens is 248 g/mol. The summed E-state index contributed by atoms with van der Waals surface area (Å²) in [7, 11) is 0. The molecule has 1 unspecified atom stereocenters. The van der Waals surface area contributed by atoms with E-state index in [1.165, 1.54) is 0 Å². The van der Waals surface area contributed by atoms with E-state index in [4.69, 9.17) is 14.7 Å². The number of rotatable bonds is 3. The molecule has 3 N–H and O–H groups in total. The van der Waals surface area contributed by atoms with Crippen LogP contribution in [0.15, 0.2) is 44.2 Å². The highest BCUT2D eigenvalue weighted by Gasteiger charge is 2.19. The molecule has 74 valence electrons. The topological polar surface area (TPSA) is 64.3 Å². The van der Waals surface area contributed by atoms with Gasteiger partial charge in [-0.3, -0.25) is 5.84 Å². The summed E-state index contributed by atoms with van der Waals surface area (Å²) >= 11 is 3.37. The van der Waals surface area contributed by atoms with E-state index in [9.17, 15) is 0 Å². The lowest BCUT2D eigenvalue weighted by atomic mass is 10.1. The maximum atomic E-state index is 5.45. The Bertz CT molecular complexity index is 397. The first kappa shape index (κ1) is 9.51. The van der Waals surface area contributed by atoms with Crippen LogP contribution in [0.4, 0.5) is 0 Å². The Hall–Kier alpha value is -1.04. The van der Waals surface area contributed by atoms with Crippen LogP contribution in [-0.4, -0.2) is 0 Å². The zero-order chi connectivity index (χ0) is 9.97. The number of nitrogens with one attached hydrogen (secondary N) is 1. The standard InChI is InChI=1S/C9H9BrN2O2/c10-7-2-4-14-9(7)8(12-11)6-1-3-13-5-6/h1-5,8,12H,11H2. The maximum Gasteiger partial charge on any atom is 0.140 e. The SMILES string of the molecule is NNC(c1ccoc1)c1occc1Br. The quantitative estimate of drug-likeness (QED) is 0.653. The average molecular weight is 257 g/mol. The second-order valence-electron chi connectivity index (χ2n) is 2.79. The van der Waals surface area contributed by atoms with Crippen molar-refractivity contribution >= 4 is 15.9 Å². The molecule has 0 spiro atoms. The highest BCUT2D eigenvalue weighted by Crippen LogP contribution is 2.28. The van der Waals surface area contributed by atoms with E-state index in [2.05, 4.69) is 21.4 Å². The van der Waals surface area contributed by atoms with Gasteiger partial charge in [0.2, 0.25) is 0 Å². The van der Waals surface area contributed by atoms with Crippen LogP contribution < -0.4 is 11.3 Å². The molecule has 2 aromatic rings. The Balaban J connectivity index is 2.36. The number of hydrogen-bond acceptors (Lipinski definition) is 4. The van der Waals surface area contributed by atoms with Gasteiger partial charge in [-0.25, -0.2) is 5.43 Å². The number of halogens is 1. The van der Waals surface area contributed by atoms with Crippen molar-refractivity contribution in [3.05, 3.63) is 46.7 Å². The van der Waals surface area contributed by atoms with Gasteiger partial charge in [0.1, 0.15) is 11.8 Å². The molecular formula is C9H9BrN2O2. The van der Waals surface area contributed by atoms with Gasteiger partial charge < -0.3 is 8.83 Å². The molecule has 1 atom stereocenters. The molecule has 0 fully saturated rings. The van der Waals surface area contributed by atoms with E-state index in [0.29, 0.717) is 0 Å². The molecule has 2 rings (SSSR count). The molecule has 0 aliphatic rings. The molecule has 0 saturated carbocycles. The van der Waals surface area contributed by atoms with E-state index in [0.717, 1.165) is 15.8 Å². The molecule has 0 aliphatic heterocycles. The minimum Gasteiger partial charge on any atom is -0.472 e. The second-order valence-corrected chi connectivity index (χ2v) is 3.64. The Morgan fingerprint density at radius 1 is 1.36 bits per heavy atom. The van der Waals surface area contributed by atoms with Gasteiger partial charge in [0.15, 0.2) is 0 Å². The summed E-state index contributed by atoms with van der Waals surface area (Å²) in [6.45, 7) is 0. The van der Waals surface area contributed by atoms with Crippen LogP contribution in [0.3, 0.4) is 0 Å². The number of hydrogen-bond donors (Lipinski definition) is 2. The molecule has 14 heavy (non-hydrogen) atoms. The molecule has 0 saturated heterocycles. The maximum absolute atomic E-state index is 5.45. The fourth-order valence-electron chi connectivity index (χ4n) is 1.27. The zero-order valence-corrected chi connectivity index (χ0v) is 8.82. The Morgan fingerprint density at radius 2 is 2.21 bits per heavy atom. The van der Waals surface area contributed by atoms with Crippen LogP contribution in [0.25, 0.3) is 0 Å². The van der Waals surface area contributed by atoms with Gasteiger partial charge in [-0.15, -0.1) is 0 Å². The van der Waals surface area contributed by atoms with Crippen LogP contribution in [-0.2, 0) is 0 Å². The summed E-state index contributed by atoms with van der Waals surface area (Å²) in [5.74, 6) is 6.18. The lowest BCUT2D eigenvalue weighted by Crippen LogP contribution is -2.28. The molecule has 2 aromatic heterocycles. The van der Waals surface area contributed by atoms with Crippen LogP contribution in [0.1, 0.15) is 17.4 Å². The van der Waals surface area contributed by atoms with Crippen LogP contribution in [0.5, 0.6) is 0 Å². The summed E-state index contributed by atoms with van der Waals surface area (Å²) < 4.78 is 11.2. The van der Waals surface area contributed by atoms with Gasteiger partial charge >= 0.3 is 0 Å². The molecule has 0 amide bonds. The Kier molecular flexibility index (Phi) is 2.72. The van der Waals surface area contributed by atoms with E-state index < -0.39 is 0 Å². The normalized spacial score (nSPS) is 13.0. The first-order valence-corrected chi connectivity index (χ1v) is 4.83. The number of nitrogens with two attached hydrogens (primary N) is 1. The van der Waals surface area contributed by atoms with E-state index >= 15 is 0 Å². The summed E-state index contributed by atoms with van der Waals surface area (Å²) in [6.07, 6.45) is 4.82. The van der Waals surface area contributed by atoms with Crippen molar-refractivity contribution in [3.63, 3.8) is 0 Å². The molecule has 0 aromatic carbocycles. The van der Waals surface area contributed by atoms with Crippen molar-refractivity contribution < 1.29 is 8.83 Å². The second kappa shape index (κ2) is 4.00. The molecule has 0 aliphatic carbocycles. The van der Waals surface area contributed by atoms with Crippen molar-refractivity contribution in [2.24, 2.45) is 5.84 Å². The van der Waals surface area contributed by atoms with E-state index in [1.54, 1.807) is 18.8 Å². The van der Waals surface area contributed by atoms with Gasteiger partial charge in [-0.1, -0.05) is 0 Å². The van der Waals surface area contributed by atoms with Gasteiger partial charge in [0, 0.05) is 5.56 Å². The van der Waals surface area contributed by atoms with Crippen molar-refractivity contribution in [3.8, 4) is 0 Å². The van der Waals surface area contributed by atoms with Gasteiger partial charge in [-0.2, -0.15) is 0 Å². The summed E-state index contributed by atoms with van der Waals surface area (Å²) in [5.41, 5.74) is 3.58. The van der Waals surface area contributed by atoms with E-state index in [1.807, 2.05) is 12.1 Å². The van der Waals surface area contributed by atoms with Gasteiger partial charge in [0.25, 0.3) is 0 Å². The monoisotopic (exact) mass is 256 g/mol. The molecule has 0 bridgehead atoms. The van der Waals surface area contributed by atoms with Crippen molar-refractivity contribution in [1.29, 1.82) is 0 Å². The third-order valence-electron chi connectivity index (χ3n) is 1.95. The van der Waals surface area contributed by atoms with Gasteiger partial charge in [-0.05, 0) is 28.1 Å². The highest BCUT2D eigenvalue weighted by molar-refractivity contribution is 9.10. The van der Waals surface area contributed by atoms with Crippen molar-refractivity contribution in [1.82, 2.24) is 5.43 Å². The van der Waals surface area contributed by atoms with E-state index in [-0.39, 0.29) is 6.04 Å². The van der Waals surface area contributed by atoms with Crippen molar-refractivity contribution in [2.45, 2.75) is 6.04 Å². The number of hydrazine groups is 1. The Morgan fingerprint density at radius 3 is 2.71 bits per heavy atom. The summed E-state index contributed by atoms with van der Waals surface area (Å²) in [5, 5.41) is 0. The molecule has 4 nitrogen and oxygen atoms in total. The molecule has 2 heterocycles. The lowest BCUT2D eigenvalue weighted by molar-refractivity contribution is 0.446. The molecule has 5 heteroatoms. The first-order valence-electron chi connectivity index (χ1n) is 4.04. The number of furan rings is 2. The largest absolute Gasteiger partial charge is 0.472 e. The smallest absolute Gasteiger partial charge is 0.140 e. The summed E-state index contributed by atoms with van der Waals surface area (Å²) in [4.78, 5) is 0. The van der Waals surface area contributed by atoms with Crippen LogP contribution >= 0.6 is 15.9 Å². The van der Waals surface area contributed by atoms with Crippen LogP contribution in [0, 0.1) is 0 Å². The fourth-order valence-corrected chi connectivity index (χ4v) is 1.70. The predicted molar refractivity (Wildman–Crippen MR) is 54.3 cm³/mol. The third kappa shape index (κ3) is 1.61. The molecule has 0 radical (unpaired) electrons. The average Bonchev–Trinajstić information content (AvgIpc) is 2.80. The highest BCUT2D eigenvalue weighted by atomic mass is 79.9. The zero-order valence-electron chi connectivity index (χ0n) is 7.24. The Labute approximate surface area is 89.2 Å². The predicted octanol–water partition coefficient (Wildman–Crippen LogP) is 2.19. The first-order chi connectivity index (χ1) is 6.83. The third-order valence-corrected chi connectivity index (χ3v) is 2.61. The summed E-state index contributed by atoms with van der Waals surface area (Å²) in [6, 6.07) is 3.46. The van der Waals surface area contributed by atoms with Crippen LogP contribution in [0.2, 0.25) is 0 Å². The lowest BCUT2D eigenvalue weighted by Gasteiger charge is -2.11. The van der Waals surface area contributed by atoms with Gasteiger partial charge in [0.05, 0.1) is 23.3 Å². The van der Waals surface area contributed by atoms with Crippen molar-refractivity contribution in [2.75, 3.05) is 0 Å².